The maximum atomic E-state index is 14.3. The van der Waals surface area contributed by atoms with Crippen molar-refractivity contribution in [3.63, 3.8) is 0 Å². The molecular formula is C104H144IN17O28. The van der Waals surface area contributed by atoms with Crippen LogP contribution in [0.1, 0.15) is 163 Å². The number of carbonyl (C=O) groups excluding carboxylic acids is 10. The number of anilines is 1. The summed E-state index contributed by atoms with van der Waals surface area (Å²) in [7, 11) is 0. The number of carbonyl (C=O) groups is 17. The van der Waals surface area contributed by atoms with Crippen molar-refractivity contribution < 1.29 is 136 Å². The normalized spacial score (nSPS) is 15.8. The van der Waals surface area contributed by atoms with E-state index in [0.717, 1.165) is 37.5 Å². The number of ether oxygens (including phenoxy) is 4. The summed E-state index contributed by atoms with van der Waals surface area (Å²) in [5.74, 6) is -13.5. The number of hydrogen-bond donors (Lipinski definition) is 18. The molecule has 5 unspecified atom stereocenters. The van der Waals surface area contributed by atoms with E-state index in [2.05, 4.69) is 80.9 Å². The van der Waals surface area contributed by atoms with Gasteiger partial charge in [0.1, 0.15) is 35.6 Å². The van der Waals surface area contributed by atoms with Crippen LogP contribution >= 0.6 is 22.6 Å². The second-order valence-corrected chi connectivity index (χ2v) is 38.5. The lowest BCUT2D eigenvalue weighted by molar-refractivity contribution is -0.143. The van der Waals surface area contributed by atoms with Crippen LogP contribution in [0.25, 0.3) is 22.2 Å². The first-order chi connectivity index (χ1) is 72.2. The molecule has 18 N–H and O–H groups in total. The van der Waals surface area contributed by atoms with E-state index in [9.17, 15) is 112 Å². The van der Waals surface area contributed by atoms with Gasteiger partial charge in [-0.25, -0.2) is 24.7 Å². The minimum absolute atomic E-state index is 0.00502. The third-order valence-corrected chi connectivity index (χ3v) is 26.5. The predicted octanol–water partition coefficient (Wildman–Crippen LogP) is 5.31. The molecule has 820 valence electrons. The maximum absolute atomic E-state index is 14.3. The number of carboxylic acids is 7. The molecule has 10 amide bonds. The van der Waals surface area contributed by atoms with E-state index in [0.29, 0.717) is 86.8 Å². The van der Waals surface area contributed by atoms with E-state index in [4.69, 9.17) is 29.6 Å². The number of carboxylic acid groups (broad SMARTS) is 7. The van der Waals surface area contributed by atoms with E-state index in [1.807, 2.05) is 95.9 Å². The Kier molecular flexibility index (Phi) is 55.2. The van der Waals surface area contributed by atoms with Gasteiger partial charge in [0.2, 0.25) is 47.3 Å². The van der Waals surface area contributed by atoms with Crippen LogP contribution in [0.15, 0.2) is 120 Å². The number of aryl methyl sites for hydroxylation is 1. The number of ketones is 1. The zero-order valence-electron chi connectivity index (χ0n) is 84.6. The highest BCUT2D eigenvalue weighted by atomic mass is 127. The molecule has 2 heterocycles. The number of fused-ring (bicyclic) bond motifs is 3. The second-order valence-electron chi connectivity index (χ2n) is 37.2. The highest BCUT2D eigenvalue weighted by Crippen LogP contribution is 2.39. The van der Waals surface area contributed by atoms with Crippen molar-refractivity contribution in [1.29, 1.82) is 5.53 Å². The number of hydrogen-bond acceptors (Lipinski definition) is 28. The molecule has 0 aromatic heterocycles. The Balaban J connectivity index is 0.727. The van der Waals surface area contributed by atoms with Gasteiger partial charge in [-0.05, 0) is 177 Å². The number of nitrogens with zero attached hydrogens (tertiary/aromatic N) is 6. The largest absolute Gasteiger partial charge is 0.481 e. The van der Waals surface area contributed by atoms with E-state index in [-0.39, 0.29) is 288 Å². The summed E-state index contributed by atoms with van der Waals surface area (Å²) in [6.07, 6.45) is 3.48. The number of Topliss-reactive ketones (excluding diaryl/α,β-unsaturated/α-hetero) is 1. The van der Waals surface area contributed by atoms with Crippen molar-refractivity contribution in [3.8, 4) is 0 Å². The molecule has 0 bridgehead atoms. The number of aliphatic carboxylic acids is 7. The van der Waals surface area contributed by atoms with Gasteiger partial charge in [0.05, 0.1) is 97.0 Å². The van der Waals surface area contributed by atoms with Gasteiger partial charge in [-0.3, -0.25) is 81.9 Å². The van der Waals surface area contributed by atoms with E-state index in [1.54, 1.807) is 43.9 Å². The van der Waals surface area contributed by atoms with Crippen LogP contribution in [0.5, 0.6) is 0 Å². The van der Waals surface area contributed by atoms with Crippen LogP contribution < -0.4 is 58.1 Å². The average Bonchev–Trinajstić information content (AvgIpc) is 0.767. The zero-order chi connectivity index (χ0) is 108. The molecule has 1 saturated heterocycles. The Labute approximate surface area is 884 Å². The second kappa shape index (κ2) is 67.9. The topological polar surface area (TPSA) is 641 Å². The highest BCUT2D eigenvalue weighted by Gasteiger charge is 2.35. The molecule has 45 nitrogen and oxygen atoms in total. The first kappa shape index (κ1) is 122. The quantitative estimate of drug-likeness (QED) is 0.0133. The molecule has 2 aliphatic heterocycles. The first-order valence-electron chi connectivity index (χ1n) is 51.0. The lowest BCUT2D eigenvalue weighted by Gasteiger charge is -2.32. The molecule has 46 heteroatoms. The molecule has 8 rings (SSSR count). The molecule has 5 aromatic carbocycles. The summed E-state index contributed by atoms with van der Waals surface area (Å²) in [4.78, 5) is 227. The van der Waals surface area contributed by atoms with Gasteiger partial charge in [0, 0.05) is 163 Å². The van der Waals surface area contributed by atoms with Crippen LogP contribution in [0.2, 0.25) is 0 Å². The molecule has 1 aliphatic carbocycles. The van der Waals surface area contributed by atoms with Crippen LogP contribution in [-0.2, 0) is 115 Å². The molecule has 2 fully saturated rings. The standard InChI is InChI=1S/C104H144IN17O28/c105-78-31-26-70(27-32-78)13-11-22-87(124)107-40-9-7-19-82(101(140)141)114-100(139)81(33-35-89(126)112-64-71-23-29-74(30-24-71)86(123)63-77(62-72-25-28-73-14-1-2-15-75(73)61-72)99(138)111-41-10-8-20-83(102(142)143)115-104(146)116-84(103(144)145)34-38-93(130)131)113-90(127)39-53-147-55-57-149-59-60-150-58-56-148-54-44-109-88(125)36-37-92(129)122-65-76-16-3-4-17-79(76)97(98(117-106)80-18-5-6-21-85(80)122)110-43-12-42-108-91(128)66-118-45-47-119(67-94(132)133)49-51-121(69-96(136)137)52-50-120(48-46-118)68-95(134)135/h1-6,14-18,21,25-28,31-32,61,71,74,77,81-84,106,110H,7-13,19-20,22-24,29-30,33-60,62-69H2,(H,107,124)(H,108,128)(H,109,125)(H,111,138)(H,112,126)(H,113,127)(H,114,139)(H,130,131)(H,132,133)(H,134,135)(H,136,137)(H,140,141)(H,142,143)(H,144,145)(H2,115,116,146). The number of para-hydroxylation sites is 1. The monoisotopic (exact) mass is 2210 g/mol. The Bertz CT molecular complexity index is 5290. The molecule has 5 atom stereocenters. The smallest absolute Gasteiger partial charge is 0.326 e. The fourth-order valence-corrected chi connectivity index (χ4v) is 18.0. The minimum Gasteiger partial charge on any atom is -0.481 e. The van der Waals surface area contributed by atoms with Crippen molar-refractivity contribution in [2.45, 2.75) is 178 Å². The van der Waals surface area contributed by atoms with Gasteiger partial charge >= 0.3 is 47.8 Å². The van der Waals surface area contributed by atoms with Crippen molar-refractivity contribution in [1.82, 2.24) is 72.8 Å². The van der Waals surface area contributed by atoms with Gasteiger partial charge in [0.25, 0.3) is 0 Å². The van der Waals surface area contributed by atoms with Crippen LogP contribution in [0.4, 0.5) is 10.5 Å². The van der Waals surface area contributed by atoms with E-state index >= 15 is 0 Å². The number of urea groups is 1. The summed E-state index contributed by atoms with van der Waals surface area (Å²) in [5.41, 5.74) is 13.6. The number of halogens is 1. The summed E-state index contributed by atoms with van der Waals surface area (Å²) in [6.45, 7) is 3.51. The Morgan fingerprint density at radius 1 is 0.407 bits per heavy atom. The summed E-state index contributed by atoms with van der Waals surface area (Å²) in [6, 6.07) is 29.1. The van der Waals surface area contributed by atoms with Gasteiger partial charge in [-0.15, -0.1) is 0 Å². The van der Waals surface area contributed by atoms with Crippen LogP contribution in [0, 0.1) is 26.9 Å². The number of rotatable bonds is 68. The predicted molar refractivity (Wildman–Crippen MR) is 558 cm³/mol. The number of unbranched alkanes of at least 4 members (excludes halogenated alkanes) is 2. The summed E-state index contributed by atoms with van der Waals surface area (Å²) < 4.78 is 23.7. The SMILES string of the molecule is N=NC1=C(NCCCNC(=O)CN2CCN(CC(=O)O)CCN(CC(=O)O)CCN(CC(=O)O)CC2)c2ccccc2CN(C(=O)CCC(=O)NCCOCCOCCOCCOCCC(=O)NC(CCC(=O)NCC2CCC(C(=O)CC(Cc3ccc4ccccc4c3)C(=O)NCCCCC(NC(=O)NC(CCC(=O)O)C(=O)O)C(=O)O)CC2)C(=O)NC(CCCCNC(=O)CCCc2ccc(I)cc2)C(=O)O)c2ccccc21. The Morgan fingerprint density at radius 2 is 0.907 bits per heavy atom. The Hall–Kier alpha value is -13.1. The lowest BCUT2D eigenvalue weighted by Crippen LogP contribution is -2.52. The fraction of sp³-hybridized carbons (Fsp3) is 0.548. The van der Waals surface area contributed by atoms with Gasteiger partial charge < -0.3 is 113 Å². The van der Waals surface area contributed by atoms with Crippen molar-refractivity contribution >= 4 is 151 Å². The number of benzene rings is 5. The first-order valence-corrected chi connectivity index (χ1v) is 52.1. The molecule has 1 saturated carbocycles. The van der Waals surface area contributed by atoms with E-state index < -0.39 is 114 Å². The average molecular weight is 2210 g/mol. The molecule has 0 radical (unpaired) electrons. The molecule has 3 aliphatic rings. The number of amides is 10. The molecular weight excluding hydrogens is 2060 g/mol. The van der Waals surface area contributed by atoms with Gasteiger partial charge in [-0.2, -0.15) is 5.11 Å². The van der Waals surface area contributed by atoms with Crippen molar-refractivity contribution in [2.75, 3.05) is 176 Å². The third kappa shape index (κ3) is 47.0. The van der Waals surface area contributed by atoms with Crippen LogP contribution in [0.3, 0.4) is 0 Å². The number of nitrogens with one attached hydrogen (secondary N) is 11. The Morgan fingerprint density at radius 3 is 1.50 bits per heavy atom. The molecule has 150 heavy (non-hydrogen) atoms. The van der Waals surface area contributed by atoms with Gasteiger partial charge in [0.15, 0.2) is 0 Å². The lowest BCUT2D eigenvalue weighted by atomic mass is 9.77. The summed E-state index contributed by atoms with van der Waals surface area (Å²) >= 11 is 2.23. The molecule has 5 aromatic rings. The zero-order valence-corrected chi connectivity index (χ0v) is 86.8. The fourth-order valence-electron chi connectivity index (χ4n) is 17.6. The highest BCUT2D eigenvalue weighted by molar-refractivity contribution is 14.1. The summed E-state index contributed by atoms with van der Waals surface area (Å²) in [5, 5.41) is 101. The third-order valence-electron chi connectivity index (χ3n) is 25.8. The van der Waals surface area contributed by atoms with Crippen LogP contribution in [-0.4, -0.2) is 351 Å². The maximum Gasteiger partial charge on any atom is 0.326 e. The molecule has 0 spiro atoms. The van der Waals surface area contributed by atoms with Crippen molar-refractivity contribution in [2.24, 2.45) is 22.9 Å². The van der Waals surface area contributed by atoms with E-state index in [1.165, 1.54) is 0 Å². The minimum atomic E-state index is -1.58. The van der Waals surface area contributed by atoms with Gasteiger partial charge in [-0.1, -0.05) is 97.1 Å². The van der Waals surface area contributed by atoms with Crippen molar-refractivity contribution in [3.05, 3.63) is 147 Å².